The highest BCUT2D eigenvalue weighted by Gasteiger charge is 2.19. The Labute approximate surface area is 131 Å². The van der Waals surface area contributed by atoms with Crippen LogP contribution in [0.25, 0.3) is 10.9 Å². The van der Waals surface area contributed by atoms with Crippen LogP contribution in [-0.4, -0.2) is 17.1 Å². The second kappa shape index (κ2) is 7.67. The minimum absolute atomic E-state index is 0. The van der Waals surface area contributed by atoms with Crippen molar-refractivity contribution < 1.29 is 4.74 Å². The first-order chi connectivity index (χ1) is 8.81. The van der Waals surface area contributed by atoms with Crippen molar-refractivity contribution in [1.29, 1.82) is 0 Å². The summed E-state index contributed by atoms with van der Waals surface area (Å²) in [5.41, 5.74) is 6.91. The summed E-state index contributed by atoms with van der Waals surface area (Å²) in [7, 11) is 0. The van der Waals surface area contributed by atoms with Crippen molar-refractivity contribution in [1.82, 2.24) is 4.98 Å². The maximum atomic E-state index is 6.03. The van der Waals surface area contributed by atoms with Crippen LogP contribution in [0.3, 0.4) is 0 Å². The minimum atomic E-state index is 0. The van der Waals surface area contributed by atoms with Crippen LogP contribution >= 0.6 is 24.8 Å². The summed E-state index contributed by atoms with van der Waals surface area (Å²) in [6.07, 6.45) is 6.39. The average molecular weight is 315 g/mol. The Kier molecular flexibility index (Phi) is 6.53. The lowest BCUT2D eigenvalue weighted by Crippen LogP contribution is -2.31. The molecule has 0 spiro atoms. The molecule has 1 fully saturated rings. The molecule has 1 heterocycles. The zero-order valence-electron chi connectivity index (χ0n) is 11.2. The van der Waals surface area contributed by atoms with E-state index in [0.717, 1.165) is 42.3 Å². The van der Waals surface area contributed by atoms with Crippen LogP contribution in [0.5, 0.6) is 5.75 Å². The Hall–Kier alpha value is -1.03. The van der Waals surface area contributed by atoms with Gasteiger partial charge in [-0.2, -0.15) is 0 Å². The fraction of sp³-hybridized carbons (Fsp3) is 0.400. The zero-order valence-corrected chi connectivity index (χ0v) is 12.8. The number of fused-ring (bicyclic) bond motifs is 1. The maximum absolute atomic E-state index is 6.03. The molecule has 0 atom stereocenters. The maximum Gasteiger partial charge on any atom is 0.120 e. The molecule has 1 aromatic heterocycles. The van der Waals surface area contributed by atoms with Crippen LogP contribution in [0.1, 0.15) is 25.7 Å². The number of rotatable bonds is 2. The molecule has 0 aliphatic heterocycles. The lowest BCUT2D eigenvalue weighted by Gasteiger charge is -2.26. The van der Waals surface area contributed by atoms with Gasteiger partial charge in [0.15, 0.2) is 0 Å². The molecule has 0 bridgehead atoms. The van der Waals surface area contributed by atoms with E-state index in [1.807, 2.05) is 24.4 Å². The molecule has 2 N–H and O–H groups in total. The molecule has 1 aromatic carbocycles. The number of benzene rings is 1. The minimum Gasteiger partial charge on any atom is -0.490 e. The quantitative estimate of drug-likeness (QED) is 0.918. The predicted octanol–water partition coefficient (Wildman–Crippen LogP) is 3.73. The van der Waals surface area contributed by atoms with Gasteiger partial charge in [-0.05, 0) is 49.9 Å². The first-order valence-corrected chi connectivity index (χ1v) is 6.58. The predicted molar refractivity (Wildman–Crippen MR) is 87.1 cm³/mol. The van der Waals surface area contributed by atoms with Gasteiger partial charge in [-0.3, -0.25) is 4.98 Å². The lowest BCUT2D eigenvalue weighted by atomic mass is 9.94. The van der Waals surface area contributed by atoms with Gasteiger partial charge in [-0.25, -0.2) is 0 Å². The van der Waals surface area contributed by atoms with Gasteiger partial charge in [0.05, 0.1) is 11.6 Å². The summed E-state index contributed by atoms with van der Waals surface area (Å²) in [4.78, 5) is 4.31. The Balaban J connectivity index is 0.000001000. The lowest BCUT2D eigenvalue weighted by molar-refractivity contribution is 0.147. The Morgan fingerprint density at radius 3 is 2.55 bits per heavy atom. The molecule has 0 radical (unpaired) electrons. The zero-order chi connectivity index (χ0) is 12.4. The monoisotopic (exact) mass is 314 g/mol. The standard InChI is InChI=1S/C15H18N2O.2ClH/c16-12-3-5-13(6-4-12)18-14-7-8-15-11(10-14)2-1-9-17-15;;/h1-2,7-10,12-13H,3-6,16H2;2*1H. The number of ether oxygens (including phenoxy) is 1. The van der Waals surface area contributed by atoms with Crippen molar-refractivity contribution >= 4 is 35.7 Å². The van der Waals surface area contributed by atoms with E-state index in [1.165, 1.54) is 0 Å². The van der Waals surface area contributed by atoms with E-state index in [2.05, 4.69) is 17.1 Å². The Bertz CT molecular complexity index is 542. The van der Waals surface area contributed by atoms with Crippen molar-refractivity contribution in [3.63, 3.8) is 0 Å². The Morgan fingerprint density at radius 2 is 1.80 bits per heavy atom. The molecule has 1 saturated carbocycles. The molecule has 1 aliphatic carbocycles. The van der Waals surface area contributed by atoms with Crippen LogP contribution in [0.2, 0.25) is 0 Å². The van der Waals surface area contributed by atoms with E-state index in [-0.39, 0.29) is 24.8 Å². The smallest absolute Gasteiger partial charge is 0.120 e. The molecule has 3 rings (SSSR count). The number of hydrogen-bond donors (Lipinski definition) is 1. The van der Waals surface area contributed by atoms with Gasteiger partial charge in [-0.15, -0.1) is 24.8 Å². The van der Waals surface area contributed by atoms with Gasteiger partial charge in [0.1, 0.15) is 5.75 Å². The van der Waals surface area contributed by atoms with E-state index >= 15 is 0 Å². The summed E-state index contributed by atoms with van der Waals surface area (Å²) in [6, 6.07) is 10.5. The van der Waals surface area contributed by atoms with Crippen molar-refractivity contribution in [3.05, 3.63) is 36.5 Å². The van der Waals surface area contributed by atoms with Crippen molar-refractivity contribution in [3.8, 4) is 5.75 Å². The topological polar surface area (TPSA) is 48.1 Å². The van der Waals surface area contributed by atoms with Crippen molar-refractivity contribution in [2.45, 2.75) is 37.8 Å². The van der Waals surface area contributed by atoms with Crippen molar-refractivity contribution in [2.75, 3.05) is 0 Å². The molecule has 110 valence electrons. The second-order valence-corrected chi connectivity index (χ2v) is 5.01. The van der Waals surface area contributed by atoms with E-state index < -0.39 is 0 Å². The van der Waals surface area contributed by atoms with Crippen LogP contribution < -0.4 is 10.5 Å². The second-order valence-electron chi connectivity index (χ2n) is 5.01. The SMILES string of the molecule is Cl.Cl.NC1CCC(Oc2ccc3ncccc3c2)CC1. The molecule has 5 heteroatoms. The van der Waals surface area contributed by atoms with Gasteiger partial charge in [0.2, 0.25) is 0 Å². The van der Waals surface area contributed by atoms with Crippen LogP contribution in [0.15, 0.2) is 36.5 Å². The number of aromatic nitrogens is 1. The van der Waals surface area contributed by atoms with E-state index in [4.69, 9.17) is 10.5 Å². The molecule has 0 saturated heterocycles. The van der Waals surface area contributed by atoms with Gasteiger partial charge in [-0.1, -0.05) is 6.07 Å². The van der Waals surface area contributed by atoms with E-state index in [0.29, 0.717) is 12.1 Å². The van der Waals surface area contributed by atoms with Crippen molar-refractivity contribution in [2.24, 2.45) is 5.73 Å². The van der Waals surface area contributed by atoms with Gasteiger partial charge in [0, 0.05) is 17.6 Å². The number of nitrogens with zero attached hydrogens (tertiary/aromatic N) is 1. The molecule has 0 amide bonds. The summed E-state index contributed by atoms with van der Waals surface area (Å²) < 4.78 is 6.03. The van der Waals surface area contributed by atoms with E-state index in [9.17, 15) is 0 Å². The third-order valence-corrected chi connectivity index (χ3v) is 3.60. The highest BCUT2D eigenvalue weighted by atomic mass is 35.5. The van der Waals surface area contributed by atoms with Crippen LogP contribution in [0, 0.1) is 0 Å². The summed E-state index contributed by atoms with van der Waals surface area (Å²) in [6.45, 7) is 0. The molecular weight excluding hydrogens is 295 g/mol. The first-order valence-electron chi connectivity index (χ1n) is 6.58. The third-order valence-electron chi connectivity index (χ3n) is 3.60. The van der Waals surface area contributed by atoms with Crippen LogP contribution in [0.4, 0.5) is 0 Å². The first kappa shape index (κ1) is 17.0. The summed E-state index contributed by atoms with van der Waals surface area (Å²) >= 11 is 0. The number of hydrogen-bond acceptors (Lipinski definition) is 3. The number of halogens is 2. The number of nitrogens with two attached hydrogens (primary N) is 1. The van der Waals surface area contributed by atoms with Gasteiger partial charge >= 0.3 is 0 Å². The largest absolute Gasteiger partial charge is 0.490 e. The molecule has 1 aliphatic rings. The molecule has 2 aromatic rings. The average Bonchev–Trinajstić information content (AvgIpc) is 2.41. The molecule has 0 unspecified atom stereocenters. The molecule has 3 nitrogen and oxygen atoms in total. The van der Waals surface area contributed by atoms with E-state index in [1.54, 1.807) is 0 Å². The molecular formula is C15H20Cl2N2O. The third kappa shape index (κ3) is 3.98. The fourth-order valence-electron chi connectivity index (χ4n) is 2.53. The highest BCUT2D eigenvalue weighted by molar-refractivity contribution is 5.85. The molecule has 20 heavy (non-hydrogen) atoms. The fourth-order valence-corrected chi connectivity index (χ4v) is 2.53. The number of pyridine rings is 1. The summed E-state index contributed by atoms with van der Waals surface area (Å²) in [5, 5.41) is 1.13. The van der Waals surface area contributed by atoms with Gasteiger partial charge in [0.25, 0.3) is 0 Å². The highest BCUT2D eigenvalue weighted by Crippen LogP contribution is 2.25. The Morgan fingerprint density at radius 1 is 1.05 bits per heavy atom. The van der Waals surface area contributed by atoms with Crippen LogP contribution in [-0.2, 0) is 0 Å². The normalized spacial score (nSPS) is 21.6. The van der Waals surface area contributed by atoms with Gasteiger partial charge < -0.3 is 10.5 Å². The summed E-state index contributed by atoms with van der Waals surface area (Å²) in [5.74, 6) is 0.941.